The van der Waals surface area contributed by atoms with Crippen LogP contribution in [-0.2, 0) is 14.2 Å². The molecule has 0 aromatic heterocycles. The fraction of sp³-hybridized carbons (Fsp3) is 0.438. The summed E-state index contributed by atoms with van der Waals surface area (Å²) in [6, 6.07) is 8.65. The van der Waals surface area contributed by atoms with E-state index in [2.05, 4.69) is 11.8 Å². The molecule has 0 saturated carbocycles. The Morgan fingerprint density at radius 3 is 2.76 bits per heavy atom. The van der Waals surface area contributed by atoms with Crippen molar-refractivity contribution in [1.82, 2.24) is 0 Å². The van der Waals surface area contributed by atoms with Crippen LogP contribution < -0.4 is 0 Å². The van der Waals surface area contributed by atoms with Crippen molar-refractivity contribution in [3.8, 4) is 11.8 Å². The molecule has 1 saturated heterocycles. The van der Waals surface area contributed by atoms with E-state index in [-0.39, 0.29) is 13.2 Å². The van der Waals surface area contributed by atoms with Gasteiger partial charge in [0.1, 0.15) is 12.7 Å². The first-order valence-electron chi connectivity index (χ1n) is 6.69. The van der Waals surface area contributed by atoms with Crippen molar-refractivity contribution >= 4 is 5.97 Å². The first-order chi connectivity index (χ1) is 10.0. The molecule has 1 aliphatic heterocycles. The SMILES string of the molecule is CC1(C)OC[C@H](C(C#CCO)OC(=O)c2ccccc2)O1. The van der Waals surface area contributed by atoms with Gasteiger partial charge in [0.2, 0.25) is 0 Å². The van der Waals surface area contributed by atoms with Gasteiger partial charge in [-0.3, -0.25) is 0 Å². The van der Waals surface area contributed by atoms with Crippen molar-refractivity contribution < 1.29 is 24.1 Å². The molecule has 1 fully saturated rings. The molecule has 1 aromatic carbocycles. The van der Waals surface area contributed by atoms with Gasteiger partial charge in [0, 0.05) is 0 Å². The summed E-state index contributed by atoms with van der Waals surface area (Å²) in [5.74, 6) is 3.99. The second kappa shape index (κ2) is 6.72. The summed E-state index contributed by atoms with van der Waals surface area (Å²) < 4.78 is 16.5. The normalized spacial score (nSPS) is 21.2. The number of rotatable bonds is 3. The van der Waals surface area contributed by atoms with Crippen molar-refractivity contribution in [1.29, 1.82) is 0 Å². The standard InChI is InChI=1S/C16H18O5/c1-16(2)19-11-14(21-16)13(9-6-10-17)20-15(18)12-7-4-3-5-8-12/h3-5,7-8,13-14,17H,10-11H2,1-2H3/t13?,14-/m1/s1. The minimum Gasteiger partial charge on any atom is -0.443 e. The number of aliphatic hydroxyl groups is 1. The van der Waals surface area contributed by atoms with E-state index >= 15 is 0 Å². The largest absolute Gasteiger partial charge is 0.443 e. The molecule has 0 aliphatic carbocycles. The lowest BCUT2D eigenvalue weighted by Crippen LogP contribution is -2.33. The molecule has 1 aromatic rings. The van der Waals surface area contributed by atoms with Crippen LogP contribution in [0.1, 0.15) is 24.2 Å². The monoisotopic (exact) mass is 290 g/mol. The van der Waals surface area contributed by atoms with Crippen LogP contribution in [0.3, 0.4) is 0 Å². The van der Waals surface area contributed by atoms with Gasteiger partial charge in [-0.2, -0.15) is 0 Å². The molecule has 1 aliphatic rings. The van der Waals surface area contributed by atoms with Gasteiger partial charge < -0.3 is 19.3 Å². The van der Waals surface area contributed by atoms with E-state index in [1.54, 1.807) is 38.1 Å². The number of carbonyl (C=O) groups excluding carboxylic acids is 1. The minimum absolute atomic E-state index is 0.278. The van der Waals surface area contributed by atoms with Gasteiger partial charge in [-0.25, -0.2) is 4.79 Å². The van der Waals surface area contributed by atoms with E-state index in [0.29, 0.717) is 5.56 Å². The third-order valence-corrected chi connectivity index (χ3v) is 2.93. The Labute approximate surface area is 123 Å². The Balaban J connectivity index is 2.09. The number of aliphatic hydroxyl groups excluding tert-OH is 1. The second-order valence-corrected chi connectivity index (χ2v) is 5.04. The van der Waals surface area contributed by atoms with Crippen LogP contribution in [0.15, 0.2) is 30.3 Å². The quantitative estimate of drug-likeness (QED) is 0.672. The summed E-state index contributed by atoms with van der Waals surface area (Å²) in [6.07, 6.45) is -1.27. The van der Waals surface area contributed by atoms with Crippen LogP contribution in [0.4, 0.5) is 0 Å². The topological polar surface area (TPSA) is 65.0 Å². The van der Waals surface area contributed by atoms with Gasteiger partial charge in [-0.15, -0.1) is 0 Å². The maximum absolute atomic E-state index is 12.1. The lowest BCUT2D eigenvalue weighted by Gasteiger charge is -2.20. The van der Waals surface area contributed by atoms with Gasteiger partial charge in [0.05, 0.1) is 12.2 Å². The zero-order chi connectivity index (χ0) is 15.3. The van der Waals surface area contributed by atoms with Gasteiger partial charge in [-0.1, -0.05) is 30.0 Å². The van der Waals surface area contributed by atoms with Crippen molar-refractivity contribution in [3.05, 3.63) is 35.9 Å². The van der Waals surface area contributed by atoms with Gasteiger partial charge in [0.15, 0.2) is 11.9 Å². The van der Waals surface area contributed by atoms with Gasteiger partial charge >= 0.3 is 5.97 Å². The highest BCUT2D eigenvalue weighted by atomic mass is 16.7. The Kier molecular flexibility index (Phi) is 4.97. The lowest BCUT2D eigenvalue weighted by atomic mass is 10.2. The number of ether oxygens (including phenoxy) is 3. The Bertz CT molecular complexity index is 541. The van der Waals surface area contributed by atoms with E-state index in [1.807, 2.05) is 6.07 Å². The minimum atomic E-state index is -0.786. The highest BCUT2D eigenvalue weighted by Gasteiger charge is 2.38. The summed E-state index contributed by atoms with van der Waals surface area (Å²) in [7, 11) is 0. The summed E-state index contributed by atoms with van der Waals surface area (Å²) in [5.41, 5.74) is 0.437. The number of esters is 1. The molecule has 0 amide bonds. The summed E-state index contributed by atoms with van der Waals surface area (Å²) in [5, 5.41) is 8.83. The van der Waals surface area contributed by atoms with Crippen LogP contribution in [0, 0.1) is 11.8 Å². The van der Waals surface area contributed by atoms with E-state index in [9.17, 15) is 4.79 Å². The van der Waals surface area contributed by atoms with E-state index in [0.717, 1.165) is 0 Å². The molecular weight excluding hydrogens is 272 g/mol. The highest BCUT2D eigenvalue weighted by Crippen LogP contribution is 2.25. The Morgan fingerprint density at radius 1 is 1.48 bits per heavy atom. The molecule has 1 unspecified atom stereocenters. The zero-order valence-corrected chi connectivity index (χ0v) is 12.0. The smallest absolute Gasteiger partial charge is 0.339 e. The zero-order valence-electron chi connectivity index (χ0n) is 12.0. The number of carbonyl (C=O) groups is 1. The van der Waals surface area contributed by atoms with Crippen molar-refractivity contribution in [2.75, 3.05) is 13.2 Å². The molecule has 2 atom stereocenters. The van der Waals surface area contributed by atoms with Crippen LogP contribution in [-0.4, -0.2) is 42.3 Å². The molecule has 0 radical (unpaired) electrons. The molecule has 1 heterocycles. The fourth-order valence-electron chi connectivity index (χ4n) is 1.97. The molecule has 2 rings (SSSR count). The van der Waals surface area contributed by atoms with E-state index in [1.165, 1.54) is 0 Å². The summed E-state index contributed by atoms with van der Waals surface area (Å²) >= 11 is 0. The van der Waals surface area contributed by atoms with Gasteiger partial charge in [-0.05, 0) is 26.0 Å². The maximum Gasteiger partial charge on any atom is 0.339 e. The van der Waals surface area contributed by atoms with Crippen LogP contribution >= 0.6 is 0 Å². The first-order valence-corrected chi connectivity index (χ1v) is 6.69. The molecule has 0 bridgehead atoms. The van der Waals surface area contributed by atoms with Crippen LogP contribution in [0.25, 0.3) is 0 Å². The fourth-order valence-corrected chi connectivity index (χ4v) is 1.97. The number of hydrogen-bond acceptors (Lipinski definition) is 5. The van der Waals surface area contributed by atoms with E-state index in [4.69, 9.17) is 19.3 Å². The number of benzene rings is 1. The van der Waals surface area contributed by atoms with Gasteiger partial charge in [0.25, 0.3) is 0 Å². The van der Waals surface area contributed by atoms with Crippen LogP contribution in [0.2, 0.25) is 0 Å². The Hall–Kier alpha value is -1.87. The molecule has 1 N–H and O–H groups in total. The summed E-state index contributed by atoms with van der Waals surface area (Å²) in [4.78, 5) is 12.1. The Morgan fingerprint density at radius 2 is 2.19 bits per heavy atom. The molecule has 0 spiro atoms. The van der Waals surface area contributed by atoms with Crippen LogP contribution in [0.5, 0.6) is 0 Å². The van der Waals surface area contributed by atoms with Crippen molar-refractivity contribution in [2.24, 2.45) is 0 Å². The lowest BCUT2D eigenvalue weighted by molar-refractivity contribution is -0.147. The predicted octanol–water partition coefficient (Wildman–Crippen LogP) is 1.36. The van der Waals surface area contributed by atoms with E-state index < -0.39 is 24.0 Å². The average Bonchev–Trinajstić information content (AvgIpc) is 2.84. The molecule has 5 heteroatoms. The third-order valence-electron chi connectivity index (χ3n) is 2.93. The average molecular weight is 290 g/mol. The predicted molar refractivity (Wildman–Crippen MR) is 75.4 cm³/mol. The molecule has 112 valence electrons. The third kappa shape index (κ3) is 4.30. The summed E-state index contributed by atoms with van der Waals surface area (Å²) in [6.45, 7) is 3.53. The van der Waals surface area contributed by atoms with Crippen molar-refractivity contribution in [2.45, 2.75) is 31.8 Å². The molecule has 5 nitrogen and oxygen atoms in total. The van der Waals surface area contributed by atoms with Crippen molar-refractivity contribution in [3.63, 3.8) is 0 Å². The first kappa shape index (κ1) is 15.5. The number of hydrogen-bond donors (Lipinski definition) is 1. The maximum atomic E-state index is 12.1. The highest BCUT2D eigenvalue weighted by molar-refractivity contribution is 5.89. The molecule has 21 heavy (non-hydrogen) atoms. The second-order valence-electron chi connectivity index (χ2n) is 5.04. The molecular formula is C16H18O5.